The molecule has 0 aliphatic carbocycles. The van der Waals surface area contributed by atoms with Crippen molar-refractivity contribution in [3.63, 3.8) is 0 Å². The summed E-state index contributed by atoms with van der Waals surface area (Å²) in [6, 6.07) is 7.69. The molecule has 4 heterocycles. The van der Waals surface area contributed by atoms with Crippen molar-refractivity contribution in [1.82, 2.24) is 30.2 Å². The quantitative estimate of drug-likeness (QED) is 0.525. The number of imidazole rings is 1. The Labute approximate surface area is 177 Å². The summed E-state index contributed by atoms with van der Waals surface area (Å²) in [5.41, 5.74) is 4.72. The molecule has 0 saturated carbocycles. The number of morpholine rings is 1. The molecule has 5 rings (SSSR count). The van der Waals surface area contributed by atoms with E-state index in [-0.39, 0.29) is 18.0 Å². The maximum atomic E-state index is 12.5. The van der Waals surface area contributed by atoms with Crippen LogP contribution in [0.25, 0.3) is 32.0 Å². The van der Waals surface area contributed by atoms with Crippen LogP contribution >= 0.6 is 11.3 Å². The molecule has 30 heavy (non-hydrogen) atoms. The zero-order valence-electron chi connectivity index (χ0n) is 16.8. The van der Waals surface area contributed by atoms with Crippen LogP contribution in [-0.4, -0.2) is 51.2 Å². The average Bonchev–Trinajstić information content (AvgIpc) is 3.38. The monoisotopic (exact) mass is 422 g/mol. The third-order valence-electron chi connectivity index (χ3n) is 5.33. The van der Waals surface area contributed by atoms with Crippen LogP contribution < -0.4 is 10.6 Å². The number of hydrogen-bond donors (Lipinski definition) is 2. The zero-order valence-corrected chi connectivity index (χ0v) is 17.6. The molecule has 1 unspecified atom stereocenters. The highest BCUT2D eigenvalue weighted by Gasteiger charge is 2.23. The van der Waals surface area contributed by atoms with Gasteiger partial charge in [0.2, 0.25) is 5.91 Å². The van der Waals surface area contributed by atoms with Gasteiger partial charge in [-0.2, -0.15) is 0 Å². The number of nitrogens with one attached hydrogen (secondary N) is 2. The molecule has 1 aliphatic heterocycles. The van der Waals surface area contributed by atoms with E-state index in [1.54, 1.807) is 23.9 Å². The summed E-state index contributed by atoms with van der Waals surface area (Å²) in [6.45, 7) is 3.72. The lowest BCUT2D eigenvalue weighted by Crippen LogP contribution is -2.51. The van der Waals surface area contributed by atoms with Crippen LogP contribution in [-0.2, 0) is 16.6 Å². The van der Waals surface area contributed by atoms with E-state index in [2.05, 4.69) is 26.7 Å². The smallest absolute Gasteiger partial charge is 0.240 e. The topological polar surface area (TPSA) is 94.0 Å². The van der Waals surface area contributed by atoms with Gasteiger partial charge in [0.1, 0.15) is 26.9 Å². The molecule has 3 aromatic heterocycles. The molecule has 1 aliphatic rings. The van der Waals surface area contributed by atoms with E-state index in [0.29, 0.717) is 19.8 Å². The maximum Gasteiger partial charge on any atom is 0.240 e. The highest BCUT2D eigenvalue weighted by molar-refractivity contribution is 7.21. The molecule has 0 spiro atoms. The molecule has 8 nitrogen and oxygen atoms in total. The van der Waals surface area contributed by atoms with Crippen molar-refractivity contribution >= 4 is 38.6 Å². The molecule has 154 valence electrons. The summed E-state index contributed by atoms with van der Waals surface area (Å²) in [5.74, 6) is -0.0459. The van der Waals surface area contributed by atoms with Crippen LogP contribution in [0.5, 0.6) is 0 Å². The summed E-state index contributed by atoms with van der Waals surface area (Å²) in [4.78, 5) is 27.1. The van der Waals surface area contributed by atoms with Crippen LogP contribution in [0.1, 0.15) is 18.5 Å². The highest BCUT2D eigenvalue weighted by Crippen LogP contribution is 2.33. The number of nitrogens with zero attached hydrogens (tertiary/aromatic N) is 4. The number of ether oxygens (including phenoxy) is 1. The van der Waals surface area contributed by atoms with Gasteiger partial charge in [-0.1, -0.05) is 29.5 Å². The average molecular weight is 423 g/mol. The Kier molecular flexibility index (Phi) is 4.93. The van der Waals surface area contributed by atoms with Crippen molar-refractivity contribution in [3.8, 4) is 10.6 Å². The van der Waals surface area contributed by atoms with Crippen LogP contribution in [0.15, 0.2) is 36.8 Å². The first-order valence-electron chi connectivity index (χ1n) is 9.88. The van der Waals surface area contributed by atoms with E-state index < -0.39 is 0 Å². The van der Waals surface area contributed by atoms with E-state index in [0.717, 1.165) is 37.5 Å². The van der Waals surface area contributed by atoms with Crippen molar-refractivity contribution in [2.75, 3.05) is 19.8 Å². The molecule has 0 bridgehead atoms. The number of carbonyl (C=O) groups is 1. The number of rotatable bonds is 4. The van der Waals surface area contributed by atoms with Crippen molar-refractivity contribution < 1.29 is 9.53 Å². The molecule has 1 aromatic carbocycles. The Balaban J connectivity index is 1.42. The Morgan fingerprint density at radius 2 is 2.30 bits per heavy atom. The summed E-state index contributed by atoms with van der Waals surface area (Å²) in [5, 5.41) is 7.16. The molecule has 1 saturated heterocycles. The minimum atomic E-state index is -0.305. The molecule has 2 atom stereocenters. The van der Waals surface area contributed by atoms with Gasteiger partial charge in [0, 0.05) is 19.2 Å². The van der Waals surface area contributed by atoms with Gasteiger partial charge in [0.25, 0.3) is 0 Å². The van der Waals surface area contributed by atoms with E-state index in [1.165, 1.54) is 0 Å². The number of fused-ring (bicyclic) bond motifs is 3. The maximum absolute atomic E-state index is 12.5. The van der Waals surface area contributed by atoms with Crippen LogP contribution in [0.3, 0.4) is 0 Å². The fourth-order valence-corrected chi connectivity index (χ4v) is 4.61. The van der Waals surface area contributed by atoms with E-state index in [1.807, 2.05) is 36.7 Å². The molecular formula is C21H22N6O2S. The number of pyridine rings is 1. The minimum absolute atomic E-state index is 0.0459. The van der Waals surface area contributed by atoms with Gasteiger partial charge in [-0.25, -0.2) is 15.0 Å². The first-order chi connectivity index (χ1) is 14.6. The summed E-state index contributed by atoms with van der Waals surface area (Å²) in [7, 11) is 1.96. The molecule has 9 heteroatoms. The first kappa shape index (κ1) is 19.1. The highest BCUT2D eigenvalue weighted by atomic mass is 32.1. The van der Waals surface area contributed by atoms with Crippen molar-refractivity contribution in [2.45, 2.75) is 19.0 Å². The van der Waals surface area contributed by atoms with Gasteiger partial charge in [0.15, 0.2) is 0 Å². The Morgan fingerprint density at radius 1 is 1.40 bits per heavy atom. The number of carbonyl (C=O) groups excluding carboxylic acids is 1. The van der Waals surface area contributed by atoms with Gasteiger partial charge in [-0.3, -0.25) is 4.79 Å². The Bertz CT molecular complexity index is 1230. The predicted molar refractivity (Wildman–Crippen MR) is 116 cm³/mol. The number of hydrogen-bond acceptors (Lipinski definition) is 7. The largest absolute Gasteiger partial charge is 0.378 e. The predicted octanol–water partition coefficient (Wildman–Crippen LogP) is 2.41. The second kappa shape index (κ2) is 7.75. The lowest BCUT2D eigenvalue weighted by Gasteiger charge is -2.25. The van der Waals surface area contributed by atoms with Crippen LogP contribution in [0.4, 0.5) is 0 Å². The third kappa shape index (κ3) is 3.45. The normalized spacial score (nSPS) is 18.0. The van der Waals surface area contributed by atoms with E-state index in [9.17, 15) is 4.79 Å². The lowest BCUT2D eigenvalue weighted by atomic mass is 10.0. The second-order valence-electron chi connectivity index (χ2n) is 7.46. The second-order valence-corrected chi connectivity index (χ2v) is 8.44. The summed E-state index contributed by atoms with van der Waals surface area (Å²) < 4.78 is 7.36. The Hall–Kier alpha value is -2.88. The van der Waals surface area contributed by atoms with Gasteiger partial charge < -0.3 is 19.9 Å². The number of aryl methyl sites for hydroxylation is 1. The SMILES string of the molecule is C[C@H](NC(=O)C1COCCN1)c1cccc(-c2nc3c(ncc4ncn(C)c43)s2)c1. The van der Waals surface area contributed by atoms with Crippen LogP contribution in [0.2, 0.25) is 0 Å². The minimum Gasteiger partial charge on any atom is -0.378 e. The van der Waals surface area contributed by atoms with Gasteiger partial charge in [-0.15, -0.1) is 0 Å². The van der Waals surface area contributed by atoms with Gasteiger partial charge >= 0.3 is 0 Å². The molecule has 2 N–H and O–H groups in total. The molecule has 1 fully saturated rings. The fourth-order valence-electron chi connectivity index (χ4n) is 3.70. The number of amides is 1. The van der Waals surface area contributed by atoms with E-state index in [4.69, 9.17) is 9.72 Å². The number of thiazole rings is 1. The van der Waals surface area contributed by atoms with Crippen molar-refractivity contribution in [1.29, 1.82) is 0 Å². The third-order valence-corrected chi connectivity index (χ3v) is 6.35. The van der Waals surface area contributed by atoms with Gasteiger partial charge in [-0.05, 0) is 18.6 Å². The lowest BCUT2D eigenvalue weighted by molar-refractivity contribution is -0.126. The van der Waals surface area contributed by atoms with Crippen molar-refractivity contribution in [3.05, 3.63) is 42.4 Å². The van der Waals surface area contributed by atoms with Crippen LogP contribution in [0, 0.1) is 0 Å². The summed E-state index contributed by atoms with van der Waals surface area (Å²) >= 11 is 1.56. The molecule has 1 amide bonds. The zero-order chi connectivity index (χ0) is 20.7. The molecular weight excluding hydrogens is 400 g/mol. The number of aromatic nitrogens is 4. The Morgan fingerprint density at radius 3 is 3.13 bits per heavy atom. The number of benzene rings is 1. The van der Waals surface area contributed by atoms with Gasteiger partial charge in [0.05, 0.1) is 37.3 Å². The fraction of sp³-hybridized carbons (Fsp3) is 0.333. The molecule has 0 radical (unpaired) electrons. The van der Waals surface area contributed by atoms with Crippen molar-refractivity contribution in [2.24, 2.45) is 7.05 Å². The van der Waals surface area contributed by atoms with E-state index >= 15 is 0 Å². The first-order valence-corrected chi connectivity index (χ1v) is 10.7. The standard InChI is InChI=1S/C21H22N6O2S/c1-12(25-19(28)16-10-29-7-6-22-16)13-4-3-5-14(8-13)20-26-17-18-15(24-11-27(18)2)9-23-21(17)30-20/h3-5,8-9,11-12,16,22H,6-7,10H2,1-2H3,(H,25,28)/t12-,16?/m0/s1. The molecule has 4 aromatic rings. The summed E-state index contributed by atoms with van der Waals surface area (Å²) in [6.07, 6.45) is 3.57.